The summed E-state index contributed by atoms with van der Waals surface area (Å²) in [5, 5.41) is 10.9. The smallest absolute Gasteiger partial charge is 0.329 e. The van der Waals surface area contributed by atoms with Crippen LogP contribution in [0.15, 0.2) is 0 Å². The van der Waals surface area contributed by atoms with E-state index in [1.54, 1.807) is 0 Å². The molecule has 0 aliphatic rings. The highest BCUT2D eigenvalue weighted by Crippen LogP contribution is 1.97. The molecule has 0 aromatic heterocycles. The molecule has 0 aliphatic heterocycles. The van der Waals surface area contributed by atoms with Gasteiger partial charge in [0, 0.05) is 13.0 Å². The molecule has 0 aromatic carbocycles. The van der Waals surface area contributed by atoms with E-state index in [9.17, 15) is 9.59 Å². The molecule has 0 aliphatic carbocycles. The van der Waals surface area contributed by atoms with Crippen molar-refractivity contribution >= 4 is 11.9 Å². The van der Waals surface area contributed by atoms with Gasteiger partial charge in [0.15, 0.2) is 0 Å². The van der Waals surface area contributed by atoms with Crippen molar-refractivity contribution in [3.05, 3.63) is 0 Å². The Labute approximate surface area is 88.8 Å². The summed E-state index contributed by atoms with van der Waals surface area (Å²) in [5.74, 6) is -0.949. The average molecular weight is 218 g/mol. The predicted octanol–water partition coefficient (Wildman–Crippen LogP) is -0.811. The predicted molar refractivity (Wildman–Crippen MR) is 54.3 cm³/mol. The van der Waals surface area contributed by atoms with E-state index in [1.807, 2.05) is 6.92 Å². The lowest BCUT2D eigenvalue weighted by atomic mass is 10.1. The zero-order valence-corrected chi connectivity index (χ0v) is 8.86. The van der Waals surface area contributed by atoms with Crippen LogP contribution in [0.2, 0.25) is 0 Å². The summed E-state index contributed by atoms with van der Waals surface area (Å²) < 4.78 is 4.74. The number of carbonyl (C=O) groups is 2. The van der Waals surface area contributed by atoms with Crippen molar-refractivity contribution in [2.45, 2.75) is 13.3 Å². The lowest BCUT2D eigenvalue weighted by Crippen LogP contribution is -2.30. The minimum absolute atomic E-state index is 0.0909. The maximum Gasteiger partial charge on any atom is 0.329 e. The Morgan fingerprint density at radius 2 is 2.20 bits per heavy atom. The Kier molecular flexibility index (Phi) is 7.57. The third kappa shape index (κ3) is 9.17. The fourth-order valence-corrected chi connectivity index (χ4v) is 0.894. The van der Waals surface area contributed by atoms with E-state index >= 15 is 0 Å². The number of carbonyl (C=O) groups excluding carboxylic acids is 1. The fourth-order valence-electron chi connectivity index (χ4n) is 0.894. The number of carboxylic acid groups (broad SMARTS) is 1. The van der Waals surface area contributed by atoms with E-state index in [0.29, 0.717) is 19.5 Å². The van der Waals surface area contributed by atoms with E-state index < -0.39 is 5.97 Å². The van der Waals surface area contributed by atoms with E-state index in [0.717, 1.165) is 0 Å². The standard InChI is InChI=1S/C9H18N2O4/c1-7(5-10)4-8(12)11-2-3-15-6-9(13)14/h7H,2-6,10H2,1H3,(H,11,12)(H,13,14). The lowest BCUT2D eigenvalue weighted by molar-refractivity contribution is -0.142. The van der Waals surface area contributed by atoms with Crippen LogP contribution in [0.4, 0.5) is 0 Å². The molecule has 0 rings (SSSR count). The van der Waals surface area contributed by atoms with Gasteiger partial charge in [0.1, 0.15) is 6.61 Å². The maximum atomic E-state index is 11.2. The van der Waals surface area contributed by atoms with E-state index in [2.05, 4.69) is 5.32 Å². The molecule has 0 heterocycles. The number of hydrogen-bond acceptors (Lipinski definition) is 4. The van der Waals surface area contributed by atoms with Crippen LogP contribution in [0.1, 0.15) is 13.3 Å². The Balaban J connectivity index is 3.35. The van der Waals surface area contributed by atoms with Crippen LogP contribution in [0.25, 0.3) is 0 Å². The highest BCUT2D eigenvalue weighted by Gasteiger charge is 2.06. The van der Waals surface area contributed by atoms with Gasteiger partial charge in [-0.1, -0.05) is 6.92 Å². The highest BCUT2D eigenvalue weighted by molar-refractivity contribution is 5.76. The zero-order valence-electron chi connectivity index (χ0n) is 8.86. The number of ether oxygens (including phenoxy) is 1. The van der Waals surface area contributed by atoms with Crippen molar-refractivity contribution in [3.63, 3.8) is 0 Å². The second kappa shape index (κ2) is 8.19. The van der Waals surface area contributed by atoms with Crippen molar-refractivity contribution in [2.24, 2.45) is 11.7 Å². The van der Waals surface area contributed by atoms with Crippen molar-refractivity contribution in [3.8, 4) is 0 Å². The molecule has 6 nitrogen and oxygen atoms in total. The van der Waals surface area contributed by atoms with Gasteiger partial charge in [-0.25, -0.2) is 4.79 Å². The van der Waals surface area contributed by atoms with Gasteiger partial charge in [-0.2, -0.15) is 0 Å². The zero-order chi connectivity index (χ0) is 11.7. The Morgan fingerprint density at radius 3 is 2.73 bits per heavy atom. The third-order valence-corrected chi connectivity index (χ3v) is 1.73. The summed E-state index contributed by atoms with van der Waals surface area (Å²) in [6, 6.07) is 0. The van der Waals surface area contributed by atoms with E-state index in [-0.39, 0.29) is 25.0 Å². The van der Waals surface area contributed by atoms with Gasteiger partial charge in [-0.3, -0.25) is 4.79 Å². The van der Waals surface area contributed by atoms with E-state index in [4.69, 9.17) is 15.6 Å². The van der Waals surface area contributed by atoms with Crippen molar-refractivity contribution < 1.29 is 19.4 Å². The van der Waals surface area contributed by atoms with Crippen molar-refractivity contribution in [1.29, 1.82) is 0 Å². The van der Waals surface area contributed by atoms with Gasteiger partial charge in [0.25, 0.3) is 0 Å². The number of aliphatic carboxylic acids is 1. The molecule has 1 unspecified atom stereocenters. The molecule has 6 heteroatoms. The number of nitrogens with two attached hydrogens (primary N) is 1. The van der Waals surface area contributed by atoms with E-state index in [1.165, 1.54) is 0 Å². The van der Waals surface area contributed by atoms with Crippen LogP contribution in [0.3, 0.4) is 0 Å². The van der Waals surface area contributed by atoms with Crippen LogP contribution < -0.4 is 11.1 Å². The molecule has 4 N–H and O–H groups in total. The molecule has 0 fully saturated rings. The Morgan fingerprint density at radius 1 is 1.53 bits per heavy atom. The monoisotopic (exact) mass is 218 g/mol. The maximum absolute atomic E-state index is 11.2. The molecule has 1 atom stereocenters. The average Bonchev–Trinajstić information content (AvgIpc) is 2.16. The number of hydrogen-bond donors (Lipinski definition) is 3. The molecule has 0 bridgehead atoms. The fraction of sp³-hybridized carbons (Fsp3) is 0.778. The normalized spacial score (nSPS) is 12.1. The lowest BCUT2D eigenvalue weighted by Gasteiger charge is -2.08. The molecule has 0 saturated heterocycles. The van der Waals surface area contributed by atoms with Gasteiger partial charge in [-0.15, -0.1) is 0 Å². The third-order valence-electron chi connectivity index (χ3n) is 1.73. The SMILES string of the molecule is CC(CN)CC(=O)NCCOCC(=O)O. The van der Waals surface area contributed by atoms with Gasteiger partial charge in [0.2, 0.25) is 5.91 Å². The van der Waals surface area contributed by atoms with Gasteiger partial charge in [-0.05, 0) is 12.5 Å². The molecule has 1 amide bonds. The van der Waals surface area contributed by atoms with Gasteiger partial charge >= 0.3 is 5.97 Å². The van der Waals surface area contributed by atoms with Crippen LogP contribution >= 0.6 is 0 Å². The first-order valence-corrected chi connectivity index (χ1v) is 4.82. The minimum Gasteiger partial charge on any atom is -0.480 e. The number of nitrogens with one attached hydrogen (secondary N) is 1. The summed E-state index contributed by atoms with van der Waals surface area (Å²) in [5.41, 5.74) is 5.36. The minimum atomic E-state index is -1.02. The second-order valence-corrected chi connectivity index (χ2v) is 3.34. The van der Waals surface area contributed by atoms with Crippen molar-refractivity contribution in [1.82, 2.24) is 5.32 Å². The molecular weight excluding hydrogens is 200 g/mol. The van der Waals surface area contributed by atoms with Crippen LogP contribution in [0.5, 0.6) is 0 Å². The van der Waals surface area contributed by atoms with Crippen molar-refractivity contribution in [2.75, 3.05) is 26.3 Å². The number of carboxylic acids is 1. The van der Waals surface area contributed by atoms with Crippen LogP contribution in [0, 0.1) is 5.92 Å². The van der Waals surface area contributed by atoms with Gasteiger partial charge in [0.05, 0.1) is 6.61 Å². The highest BCUT2D eigenvalue weighted by atomic mass is 16.5. The number of amides is 1. The summed E-state index contributed by atoms with van der Waals surface area (Å²) >= 11 is 0. The molecule has 0 aromatic rings. The first kappa shape index (κ1) is 13.9. The first-order valence-electron chi connectivity index (χ1n) is 4.82. The molecular formula is C9H18N2O4. The molecule has 15 heavy (non-hydrogen) atoms. The van der Waals surface area contributed by atoms with Crippen LogP contribution in [-0.2, 0) is 14.3 Å². The summed E-state index contributed by atoms with van der Waals surface area (Å²) in [4.78, 5) is 21.2. The summed E-state index contributed by atoms with van der Waals surface area (Å²) in [6.07, 6.45) is 0.384. The Bertz CT molecular complexity index is 208. The van der Waals surface area contributed by atoms with Crippen LogP contribution in [-0.4, -0.2) is 43.3 Å². The molecule has 0 radical (unpaired) electrons. The topological polar surface area (TPSA) is 102 Å². The first-order chi connectivity index (χ1) is 7.06. The molecule has 88 valence electrons. The largest absolute Gasteiger partial charge is 0.480 e. The number of rotatable bonds is 8. The molecule has 0 spiro atoms. The second-order valence-electron chi connectivity index (χ2n) is 3.34. The summed E-state index contributed by atoms with van der Waals surface area (Å²) in [6.45, 7) is 2.55. The van der Waals surface area contributed by atoms with Gasteiger partial charge < -0.3 is 20.9 Å². The summed E-state index contributed by atoms with van der Waals surface area (Å²) in [7, 11) is 0. The molecule has 0 saturated carbocycles. The quantitative estimate of drug-likeness (QED) is 0.462. The Hall–Kier alpha value is -1.14.